The van der Waals surface area contributed by atoms with Crippen LogP contribution in [0.5, 0.6) is 0 Å². The van der Waals surface area contributed by atoms with Crippen molar-refractivity contribution in [3.63, 3.8) is 0 Å². The number of methoxy groups -OCH3 is 1. The first-order valence-electron chi connectivity index (χ1n) is 6.09. The van der Waals surface area contributed by atoms with E-state index in [1.165, 1.54) is 35.9 Å². The lowest BCUT2D eigenvalue weighted by atomic mass is 10.3. The van der Waals surface area contributed by atoms with Crippen LogP contribution in [-0.4, -0.2) is 43.2 Å². The summed E-state index contributed by atoms with van der Waals surface area (Å²) in [6.45, 7) is 0. The molecule has 1 rings (SSSR count). The summed E-state index contributed by atoms with van der Waals surface area (Å²) >= 11 is 1.22. The molecule has 21 heavy (non-hydrogen) atoms. The van der Waals surface area contributed by atoms with Crippen molar-refractivity contribution in [2.75, 3.05) is 21.2 Å². The van der Waals surface area contributed by atoms with Crippen LogP contribution in [0.1, 0.15) is 0 Å². The zero-order chi connectivity index (χ0) is 15.8. The number of benzene rings is 1. The second-order valence-corrected chi connectivity index (χ2v) is 5.30. The molecule has 0 saturated carbocycles. The molecule has 0 fully saturated rings. The summed E-state index contributed by atoms with van der Waals surface area (Å²) in [4.78, 5) is 25.5. The number of nitrogens with zero attached hydrogens (tertiary/aromatic N) is 1. The molecular weight excluding hydrogens is 290 g/mol. The molecule has 0 amide bonds. The smallest absolute Gasteiger partial charge is 0.352 e. The molecule has 0 bridgehead atoms. The number of carbonyl (C=O) groups is 2. The van der Waals surface area contributed by atoms with Crippen molar-refractivity contribution in [3.8, 4) is 0 Å². The molecule has 0 saturated heterocycles. The molecule has 0 aromatic heterocycles. The predicted molar refractivity (Wildman–Crippen MR) is 81.8 cm³/mol. The van der Waals surface area contributed by atoms with E-state index in [9.17, 15) is 9.59 Å². The van der Waals surface area contributed by atoms with Crippen LogP contribution >= 0.6 is 11.8 Å². The molecule has 1 aromatic carbocycles. The van der Waals surface area contributed by atoms with E-state index in [1.54, 1.807) is 14.1 Å². The monoisotopic (exact) mass is 307 g/mol. The highest BCUT2D eigenvalue weighted by molar-refractivity contribution is 8.04. The summed E-state index contributed by atoms with van der Waals surface area (Å²) in [6.07, 6.45) is 2.83. The van der Waals surface area contributed by atoms with Crippen molar-refractivity contribution in [1.29, 1.82) is 0 Å². The fraction of sp³-hybridized carbons (Fsp3) is 0.200. The highest BCUT2D eigenvalue weighted by Crippen LogP contribution is 2.27. The molecule has 0 aliphatic rings. The standard InChI is InChI=1S/C15H17NO4S/c1-16(2)12(14(17)18)9-10-13(15(19)20-3)21-11-7-5-4-6-8-11/h4-10H,1-3H3,(H,17,18)/b12-9-,13-10-. The van der Waals surface area contributed by atoms with E-state index in [0.29, 0.717) is 4.91 Å². The maximum absolute atomic E-state index is 11.8. The van der Waals surface area contributed by atoms with Crippen molar-refractivity contribution >= 4 is 23.7 Å². The fourth-order valence-electron chi connectivity index (χ4n) is 1.43. The number of likely N-dealkylation sites (N-methyl/N-ethyl adjacent to an activating group) is 1. The largest absolute Gasteiger partial charge is 0.477 e. The molecule has 1 N–H and O–H groups in total. The molecule has 0 aliphatic carbocycles. The first-order chi connectivity index (χ1) is 9.95. The molecule has 1 aromatic rings. The molecule has 0 radical (unpaired) electrons. The molecule has 5 nitrogen and oxygen atoms in total. The van der Waals surface area contributed by atoms with E-state index < -0.39 is 11.9 Å². The number of ether oxygens (including phenoxy) is 1. The van der Waals surface area contributed by atoms with E-state index in [4.69, 9.17) is 9.84 Å². The van der Waals surface area contributed by atoms with E-state index >= 15 is 0 Å². The van der Waals surface area contributed by atoms with Crippen molar-refractivity contribution in [3.05, 3.63) is 53.1 Å². The molecule has 0 unspecified atom stereocenters. The van der Waals surface area contributed by atoms with E-state index in [0.717, 1.165) is 4.90 Å². The average molecular weight is 307 g/mol. The third kappa shape index (κ3) is 5.35. The predicted octanol–water partition coefficient (Wildman–Crippen LogP) is 2.37. The van der Waals surface area contributed by atoms with Gasteiger partial charge in [0.05, 0.1) is 12.0 Å². The van der Waals surface area contributed by atoms with Crippen molar-refractivity contribution in [2.24, 2.45) is 0 Å². The number of allylic oxidation sites excluding steroid dienone is 2. The number of thioether (sulfide) groups is 1. The highest BCUT2D eigenvalue weighted by atomic mass is 32.2. The second-order valence-electron chi connectivity index (χ2n) is 4.19. The fourth-order valence-corrected chi connectivity index (χ4v) is 2.28. The third-order valence-electron chi connectivity index (χ3n) is 2.45. The lowest BCUT2D eigenvalue weighted by Crippen LogP contribution is -2.18. The van der Waals surface area contributed by atoms with E-state index in [-0.39, 0.29) is 5.70 Å². The van der Waals surface area contributed by atoms with Crippen LogP contribution in [0.25, 0.3) is 0 Å². The van der Waals surface area contributed by atoms with Crippen LogP contribution in [-0.2, 0) is 14.3 Å². The maximum atomic E-state index is 11.8. The summed E-state index contributed by atoms with van der Waals surface area (Å²) in [5.74, 6) is -1.58. The van der Waals surface area contributed by atoms with Crippen molar-refractivity contribution in [1.82, 2.24) is 4.90 Å². The Bertz CT molecular complexity index is 564. The minimum Gasteiger partial charge on any atom is -0.477 e. The van der Waals surface area contributed by atoms with Gasteiger partial charge in [0.2, 0.25) is 0 Å². The van der Waals surface area contributed by atoms with Crippen LogP contribution in [0, 0.1) is 0 Å². The average Bonchev–Trinajstić information content (AvgIpc) is 2.45. The number of aliphatic carboxylic acids is 1. The lowest BCUT2D eigenvalue weighted by molar-refractivity contribution is -0.135. The number of hydrogen-bond acceptors (Lipinski definition) is 5. The van der Waals surface area contributed by atoms with Gasteiger partial charge in [0.15, 0.2) is 0 Å². The molecule has 6 heteroatoms. The number of carbonyl (C=O) groups excluding carboxylic acids is 1. The number of hydrogen-bond donors (Lipinski definition) is 1. The molecule has 0 spiro atoms. The Kier molecular flexibility index (Phi) is 6.55. The summed E-state index contributed by atoms with van der Waals surface area (Å²) in [6, 6.07) is 9.30. The third-order valence-corrected chi connectivity index (χ3v) is 3.48. The van der Waals surface area contributed by atoms with Gasteiger partial charge in [-0.1, -0.05) is 30.0 Å². The topological polar surface area (TPSA) is 66.8 Å². The quantitative estimate of drug-likeness (QED) is 0.377. The Morgan fingerprint density at radius 3 is 2.29 bits per heavy atom. The van der Waals surface area contributed by atoms with Crippen LogP contribution in [0.2, 0.25) is 0 Å². The van der Waals surface area contributed by atoms with Gasteiger partial charge in [-0.25, -0.2) is 9.59 Å². The van der Waals surface area contributed by atoms with Crippen LogP contribution in [0.3, 0.4) is 0 Å². The van der Waals surface area contributed by atoms with Gasteiger partial charge in [0.25, 0.3) is 0 Å². The zero-order valence-corrected chi connectivity index (χ0v) is 12.9. The van der Waals surface area contributed by atoms with E-state index in [1.807, 2.05) is 30.3 Å². The minimum absolute atomic E-state index is 0.0741. The van der Waals surface area contributed by atoms with Gasteiger partial charge in [0.1, 0.15) is 5.70 Å². The Hall–Kier alpha value is -2.21. The van der Waals surface area contributed by atoms with Gasteiger partial charge in [-0.05, 0) is 24.3 Å². The Morgan fingerprint density at radius 1 is 1.19 bits per heavy atom. The molecule has 0 heterocycles. The van der Waals surface area contributed by atoms with Crippen LogP contribution in [0.4, 0.5) is 0 Å². The SMILES string of the molecule is COC(=O)/C(=C/C=C(/C(=O)O)N(C)C)Sc1ccccc1. The summed E-state index contributed by atoms with van der Waals surface area (Å²) in [5.41, 5.74) is 0.0741. The number of carboxylic acid groups (broad SMARTS) is 1. The molecular formula is C15H17NO4S. The first-order valence-corrected chi connectivity index (χ1v) is 6.91. The van der Waals surface area contributed by atoms with Gasteiger partial charge >= 0.3 is 11.9 Å². The highest BCUT2D eigenvalue weighted by Gasteiger charge is 2.13. The van der Waals surface area contributed by atoms with E-state index in [2.05, 4.69) is 0 Å². The normalized spacial score (nSPS) is 12.0. The summed E-state index contributed by atoms with van der Waals surface area (Å²) in [7, 11) is 4.53. The van der Waals surface area contributed by atoms with Gasteiger partial charge in [-0.3, -0.25) is 0 Å². The number of carboxylic acids is 1. The van der Waals surface area contributed by atoms with Crippen molar-refractivity contribution in [2.45, 2.75) is 4.90 Å². The van der Waals surface area contributed by atoms with Gasteiger partial charge in [-0.15, -0.1) is 0 Å². The Labute approximate surface area is 127 Å². The Balaban J connectivity index is 3.07. The zero-order valence-electron chi connectivity index (χ0n) is 12.1. The van der Waals surface area contributed by atoms with Gasteiger partial charge in [-0.2, -0.15) is 0 Å². The first kappa shape index (κ1) is 16.8. The van der Waals surface area contributed by atoms with Crippen LogP contribution in [0.15, 0.2) is 58.0 Å². The molecule has 0 atom stereocenters. The second kappa shape index (κ2) is 8.16. The molecule has 112 valence electrons. The van der Waals surface area contributed by atoms with Gasteiger partial charge in [0, 0.05) is 19.0 Å². The van der Waals surface area contributed by atoms with Crippen LogP contribution < -0.4 is 0 Å². The maximum Gasteiger partial charge on any atom is 0.352 e. The molecule has 0 aliphatic heterocycles. The minimum atomic E-state index is -1.06. The summed E-state index contributed by atoms with van der Waals surface area (Å²) in [5, 5.41) is 9.08. The summed E-state index contributed by atoms with van der Waals surface area (Å²) < 4.78 is 4.72. The van der Waals surface area contributed by atoms with Gasteiger partial charge < -0.3 is 14.7 Å². The lowest BCUT2D eigenvalue weighted by Gasteiger charge is -2.12. The Morgan fingerprint density at radius 2 is 1.81 bits per heavy atom. The number of rotatable bonds is 6. The number of esters is 1. The van der Waals surface area contributed by atoms with Crippen molar-refractivity contribution < 1.29 is 19.4 Å².